The highest BCUT2D eigenvalue weighted by atomic mass is 35.5. The van der Waals surface area contributed by atoms with Gasteiger partial charge in [0.1, 0.15) is 0 Å². The van der Waals surface area contributed by atoms with E-state index in [4.69, 9.17) is 11.6 Å². The third kappa shape index (κ3) is 2.41. The fourth-order valence-corrected chi connectivity index (χ4v) is 2.11. The first-order valence-electron chi connectivity index (χ1n) is 5.15. The lowest BCUT2D eigenvalue weighted by Gasteiger charge is -2.17. The number of nitrogens with zero attached hydrogens (tertiary/aromatic N) is 3. The molecule has 1 aromatic heterocycles. The normalized spacial score (nSPS) is 19.9. The van der Waals surface area contributed by atoms with E-state index in [1.54, 1.807) is 12.4 Å². The summed E-state index contributed by atoms with van der Waals surface area (Å²) in [5.74, 6) is 0.689. The van der Waals surface area contributed by atoms with Crippen LogP contribution in [0.25, 0.3) is 0 Å². The second kappa shape index (κ2) is 4.65. The molecule has 16 heavy (non-hydrogen) atoms. The van der Waals surface area contributed by atoms with Crippen LogP contribution in [-0.4, -0.2) is 35.0 Å². The van der Waals surface area contributed by atoms with Gasteiger partial charge in [-0.1, -0.05) is 11.6 Å². The van der Waals surface area contributed by atoms with Gasteiger partial charge >= 0.3 is 0 Å². The predicted octanol–water partition coefficient (Wildman–Crippen LogP) is 0.845. The fraction of sp³-hybridized carbons (Fsp3) is 0.500. The minimum atomic E-state index is -0.00269. The van der Waals surface area contributed by atoms with Gasteiger partial charge in [0, 0.05) is 38.4 Å². The van der Waals surface area contributed by atoms with Crippen molar-refractivity contribution in [2.24, 2.45) is 0 Å². The summed E-state index contributed by atoms with van der Waals surface area (Å²) in [6, 6.07) is 0.176. The van der Waals surface area contributed by atoms with Crippen LogP contribution in [0.1, 0.15) is 13.3 Å². The van der Waals surface area contributed by atoms with Crippen LogP contribution in [0.4, 0.5) is 5.82 Å². The Bertz CT molecular complexity index is 398. The topological polar surface area (TPSA) is 58.1 Å². The van der Waals surface area contributed by atoms with E-state index in [0.717, 1.165) is 19.5 Å². The molecule has 1 aliphatic heterocycles. The molecule has 0 aromatic carbocycles. The Morgan fingerprint density at radius 1 is 1.56 bits per heavy atom. The molecule has 1 aliphatic rings. The Morgan fingerprint density at radius 3 is 3.00 bits per heavy atom. The Balaban J connectivity index is 2.04. The average molecular weight is 241 g/mol. The smallest absolute Gasteiger partial charge is 0.217 e. The maximum Gasteiger partial charge on any atom is 0.217 e. The third-order valence-electron chi connectivity index (χ3n) is 2.53. The van der Waals surface area contributed by atoms with Crippen molar-refractivity contribution in [1.82, 2.24) is 15.3 Å². The molecule has 0 aliphatic carbocycles. The van der Waals surface area contributed by atoms with Gasteiger partial charge < -0.3 is 10.2 Å². The number of nitrogens with one attached hydrogen (secondary N) is 1. The molecule has 86 valence electrons. The van der Waals surface area contributed by atoms with Gasteiger partial charge in [-0.3, -0.25) is 4.79 Å². The molecule has 1 N–H and O–H groups in total. The number of hydrogen-bond donors (Lipinski definition) is 1. The standard InChI is InChI=1S/C10H13ClN4O/c1-7(16)14-8-2-5-15(6-8)10-9(11)12-3-4-13-10/h3-4,8H,2,5-6H2,1H3,(H,14,16). The van der Waals surface area contributed by atoms with Crippen LogP contribution in [0, 0.1) is 0 Å². The van der Waals surface area contributed by atoms with Crippen molar-refractivity contribution in [2.75, 3.05) is 18.0 Å². The first-order chi connectivity index (χ1) is 7.66. The maximum absolute atomic E-state index is 10.9. The highest BCUT2D eigenvalue weighted by Crippen LogP contribution is 2.23. The molecule has 1 fully saturated rings. The van der Waals surface area contributed by atoms with Gasteiger partial charge in [-0.15, -0.1) is 0 Å². The van der Waals surface area contributed by atoms with E-state index in [1.807, 2.05) is 4.90 Å². The molecule has 1 aromatic rings. The number of carbonyl (C=O) groups is 1. The summed E-state index contributed by atoms with van der Waals surface area (Å²) in [5, 5.41) is 3.30. The van der Waals surface area contributed by atoms with Gasteiger partial charge in [-0.25, -0.2) is 9.97 Å². The van der Waals surface area contributed by atoms with Crippen molar-refractivity contribution in [1.29, 1.82) is 0 Å². The van der Waals surface area contributed by atoms with E-state index in [2.05, 4.69) is 15.3 Å². The molecular weight excluding hydrogens is 228 g/mol. The van der Waals surface area contributed by atoms with E-state index in [1.165, 1.54) is 6.92 Å². The van der Waals surface area contributed by atoms with Gasteiger partial charge in [0.25, 0.3) is 0 Å². The van der Waals surface area contributed by atoms with Crippen molar-refractivity contribution in [3.05, 3.63) is 17.5 Å². The quantitative estimate of drug-likeness (QED) is 0.833. The first-order valence-corrected chi connectivity index (χ1v) is 5.53. The molecule has 2 rings (SSSR count). The number of hydrogen-bond acceptors (Lipinski definition) is 4. The van der Waals surface area contributed by atoms with Crippen molar-refractivity contribution in [3.8, 4) is 0 Å². The SMILES string of the molecule is CC(=O)NC1CCN(c2nccnc2Cl)C1. The lowest BCUT2D eigenvalue weighted by atomic mass is 10.3. The Hall–Kier alpha value is -1.36. The average Bonchev–Trinajstić information content (AvgIpc) is 2.66. The van der Waals surface area contributed by atoms with E-state index < -0.39 is 0 Å². The van der Waals surface area contributed by atoms with Gasteiger partial charge in [0.15, 0.2) is 11.0 Å². The van der Waals surface area contributed by atoms with E-state index in [0.29, 0.717) is 11.0 Å². The summed E-state index contributed by atoms with van der Waals surface area (Å²) >= 11 is 5.96. The zero-order valence-corrected chi connectivity index (χ0v) is 9.74. The van der Waals surface area contributed by atoms with E-state index in [9.17, 15) is 4.79 Å². The third-order valence-corrected chi connectivity index (χ3v) is 2.80. The van der Waals surface area contributed by atoms with Gasteiger partial charge in [-0.05, 0) is 6.42 Å². The predicted molar refractivity (Wildman–Crippen MR) is 61.5 cm³/mol. The van der Waals surface area contributed by atoms with E-state index >= 15 is 0 Å². The molecule has 0 bridgehead atoms. The molecule has 6 heteroatoms. The fourth-order valence-electron chi connectivity index (χ4n) is 1.88. The van der Waals surface area contributed by atoms with Crippen LogP contribution < -0.4 is 10.2 Å². The first kappa shape index (κ1) is 11.1. The van der Waals surface area contributed by atoms with Gasteiger partial charge in [0.05, 0.1) is 0 Å². The minimum absolute atomic E-state index is 0.00269. The van der Waals surface area contributed by atoms with Crippen LogP contribution in [0.3, 0.4) is 0 Å². The number of aromatic nitrogens is 2. The molecule has 0 spiro atoms. The molecule has 0 saturated carbocycles. The molecule has 1 saturated heterocycles. The number of anilines is 1. The van der Waals surface area contributed by atoms with E-state index in [-0.39, 0.29) is 11.9 Å². The largest absolute Gasteiger partial charge is 0.352 e. The number of carbonyl (C=O) groups excluding carboxylic acids is 1. The molecule has 1 unspecified atom stereocenters. The molecule has 2 heterocycles. The van der Waals surface area contributed by atoms with Crippen LogP contribution in [0.2, 0.25) is 5.15 Å². The monoisotopic (exact) mass is 240 g/mol. The second-order valence-corrected chi connectivity index (χ2v) is 4.16. The minimum Gasteiger partial charge on any atom is -0.352 e. The summed E-state index contributed by atoms with van der Waals surface area (Å²) in [5.41, 5.74) is 0. The second-order valence-electron chi connectivity index (χ2n) is 3.80. The summed E-state index contributed by atoms with van der Waals surface area (Å²) < 4.78 is 0. The molecule has 0 radical (unpaired) electrons. The van der Waals surface area contributed by atoms with Crippen LogP contribution in [-0.2, 0) is 4.79 Å². The zero-order valence-electron chi connectivity index (χ0n) is 8.98. The summed E-state index contributed by atoms with van der Waals surface area (Å²) in [4.78, 5) is 21.1. The van der Waals surface area contributed by atoms with Crippen molar-refractivity contribution in [2.45, 2.75) is 19.4 Å². The van der Waals surface area contributed by atoms with Crippen LogP contribution in [0.5, 0.6) is 0 Å². The maximum atomic E-state index is 10.9. The summed E-state index contributed by atoms with van der Waals surface area (Å²) in [7, 11) is 0. The number of amides is 1. The molecule has 5 nitrogen and oxygen atoms in total. The lowest BCUT2D eigenvalue weighted by Crippen LogP contribution is -2.35. The number of halogens is 1. The lowest BCUT2D eigenvalue weighted by molar-refractivity contribution is -0.119. The zero-order chi connectivity index (χ0) is 11.5. The van der Waals surface area contributed by atoms with Crippen LogP contribution in [0.15, 0.2) is 12.4 Å². The Labute approximate surface area is 98.8 Å². The Morgan fingerprint density at radius 2 is 2.31 bits per heavy atom. The van der Waals surface area contributed by atoms with Gasteiger partial charge in [-0.2, -0.15) is 0 Å². The molecule has 1 amide bonds. The number of rotatable bonds is 2. The summed E-state index contributed by atoms with van der Waals surface area (Å²) in [6.45, 7) is 3.10. The highest BCUT2D eigenvalue weighted by Gasteiger charge is 2.25. The summed E-state index contributed by atoms with van der Waals surface area (Å²) in [6.07, 6.45) is 4.09. The Kier molecular flexibility index (Phi) is 3.24. The highest BCUT2D eigenvalue weighted by molar-refractivity contribution is 6.31. The van der Waals surface area contributed by atoms with Crippen molar-refractivity contribution in [3.63, 3.8) is 0 Å². The van der Waals surface area contributed by atoms with Crippen molar-refractivity contribution >= 4 is 23.3 Å². The van der Waals surface area contributed by atoms with Gasteiger partial charge in [0.2, 0.25) is 5.91 Å². The van der Waals surface area contributed by atoms with Crippen molar-refractivity contribution < 1.29 is 4.79 Å². The van der Waals surface area contributed by atoms with Crippen LogP contribution >= 0.6 is 11.6 Å². The molecule has 1 atom stereocenters. The molecular formula is C10H13ClN4O.